The molecule has 0 bridgehead atoms. The first-order valence-corrected chi connectivity index (χ1v) is 13.7. The minimum Gasteiger partial charge on any atom is -0.339 e. The second kappa shape index (κ2) is 10.7. The summed E-state index contributed by atoms with van der Waals surface area (Å²) in [5.74, 6) is -0.114. The van der Waals surface area contributed by atoms with Gasteiger partial charge in [-0.1, -0.05) is 36.4 Å². The van der Waals surface area contributed by atoms with Crippen LogP contribution in [0.1, 0.15) is 24.2 Å². The Labute approximate surface area is 199 Å². The molecule has 0 unspecified atom stereocenters. The maximum absolute atomic E-state index is 13.3. The Morgan fingerprint density at radius 2 is 1.35 bits per heavy atom. The van der Waals surface area contributed by atoms with E-state index in [1.807, 2.05) is 13.8 Å². The largest absolute Gasteiger partial charge is 0.339 e. The molecule has 0 fully saturated rings. The van der Waals surface area contributed by atoms with E-state index in [0.29, 0.717) is 18.7 Å². The third-order valence-electron chi connectivity index (χ3n) is 5.13. The Hall–Kier alpha value is -3.37. The standard InChI is InChI=1S/C24H25N3O5S2/c1-3-27(4-2)24(28)19-15-16-22(25-17-19)26-18-23(33(29,30)20-11-7-5-8-12-20)34(31,32)21-13-9-6-10-14-21/h5-18,23H,3-4H2,1-2H3. The van der Waals surface area contributed by atoms with Crippen molar-refractivity contribution in [2.24, 2.45) is 4.99 Å². The minimum atomic E-state index is -4.34. The van der Waals surface area contributed by atoms with Gasteiger partial charge in [-0.25, -0.2) is 26.8 Å². The molecule has 0 atom stereocenters. The molecule has 0 N–H and O–H groups in total. The van der Waals surface area contributed by atoms with Gasteiger partial charge in [-0.15, -0.1) is 0 Å². The van der Waals surface area contributed by atoms with Gasteiger partial charge in [0.25, 0.3) is 5.91 Å². The molecule has 2 aromatic carbocycles. The van der Waals surface area contributed by atoms with Crippen LogP contribution in [0.15, 0.2) is 93.8 Å². The monoisotopic (exact) mass is 499 g/mol. The van der Waals surface area contributed by atoms with Crippen molar-refractivity contribution >= 4 is 37.6 Å². The maximum atomic E-state index is 13.3. The molecule has 8 nitrogen and oxygen atoms in total. The van der Waals surface area contributed by atoms with Crippen molar-refractivity contribution in [1.82, 2.24) is 9.88 Å². The molecule has 0 saturated carbocycles. The number of sulfone groups is 2. The number of hydrogen-bond donors (Lipinski definition) is 0. The fraction of sp³-hybridized carbons (Fsp3) is 0.208. The molecule has 1 aromatic heterocycles. The molecule has 1 heterocycles. The van der Waals surface area contributed by atoms with Crippen LogP contribution in [0.5, 0.6) is 0 Å². The second-order valence-electron chi connectivity index (χ2n) is 7.25. The number of aliphatic imine (C=N–C) groups is 1. The van der Waals surface area contributed by atoms with E-state index >= 15 is 0 Å². The predicted octanol–water partition coefficient (Wildman–Crippen LogP) is 3.54. The van der Waals surface area contributed by atoms with E-state index in [-0.39, 0.29) is 21.5 Å². The van der Waals surface area contributed by atoms with Gasteiger partial charge in [0.1, 0.15) is 0 Å². The number of rotatable bonds is 9. The Morgan fingerprint density at radius 1 is 0.853 bits per heavy atom. The zero-order valence-corrected chi connectivity index (χ0v) is 20.4. The summed E-state index contributed by atoms with van der Waals surface area (Å²) in [6, 6.07) is 17.6. The number of nitrogens with zero attached hydrogens (tertiary/aromatic N) is 3. The molecule has 3 aromatic rings. The van der Waals surface area contributed by atoms with Crippen LogP contribution in [0.25, 0.3) is 0 Å². The van der Waals surface area contributed by atoms with Gasteiger partial charge in [-0.2, -0.15) is 0 Å². The molecule has 1 amide bonds. The van der Waals surface area contributed by atoms with Crippen LogP contribution in [-0.4, -0.2) is 56.5 Å². The fourth-order valence-corrected chi connectivity index (χ4v) is 7.29. The molecule has 178 valence electrons. The van der Waals surface area contributed by atoms with Crippen LogP contribution >= 0.6 is 0 Å². The van der Waals surface area contributed by atoms with E-state index in [2.05, 4.69) is 9.98 Å². The van der Waals surface area contributed by atoms with Gasteiger partial charge in [-0.3, -0.25) is 4.79 Å². The SMILES string of the molecule is CCN(CC)C(=O)c1ccc(N=CC(S(=O)(=O)c2ccccc2)S(=O)(=O)c2ccccc2)nc1. The van der Waals surface area contributed by atoms with Crippen LogP contribution in [-0.2, 0) is 19.7 Å². The van der Waals surface area contributed by atoms with Gasteiger partial charge in [0, 0.05) is 25.5 Å². The molecule has 34 heavy (non-hydrogen) atoms. The number of carbonyl (C=O) groups is 1. The highest BCUT2D eigenvalue weighted by molar-refractivity contribution is 8.10. The molecule has 10 heteroatoms. The molecule has 0 radical (unpaired) electrons. The lowest BCUT2D eigenvalue weighted by molar-refractivity contribution is 0.0772. The Morgan fingerprint density at radius 3 is 1.76 bits per heavy atom. The van der Waals surface area contributed by atoms with Crippen LogP contribution in [0, 0.1) is 0 Å². The zero-order valence-electron chi connectivity index (χ0n) is 18.8. The maximum Gasteiger partial charge on any atom is 0.255 e. The molecule has 0 spiro atoms. The summed E-state index contributed by atoms with van der Waals surface area (Å²) < 4.78 is 51.3. The summed E-state index contributed by atoms with van der Waals surface area (Å²) in [6.45, 7) is 4.83. The first kappa shape index (κ1) is 25.3. The number of benzene rings is 2. The van der Waals surface area contributed by atoms with Gasteiger partial charge in [0.15, 0.2) is 5.82 Å². The lowest BCUT2D eigenvalue weighted by atomic mass is 10.2. The third kappa shape index (κ3) is 5.40. The Bertz CT molecular complexity index is 1280. The average molecular weight is 500 g/mol. The van der Waals surface area contributed by atoms with Gasteiger partial charge >= 0.3 is 0 Å². The van der Waals surface area contributed by atoms with Crippen molar-refractivity contribution < 1.29 is 21.6 Å². The van der Waals surface area contributed by atoms with Crippen molar-refractivity contribution in [3.8, 4) is 0 Å². The van der Waals surface area contributed by atoms with E-state index in [4.69, 9.17) is 0 Å². The third-order valence-corrected chi connectivity index (χ3v) is 9.97. The average Bonchev–Trinajstić information content (AvgIpc) is 2.86. The summed E-state index contributed by atoms with van der Waals surface area (Å²) in [4.78, 5) is 22.0. The number of pyridine rings is 1. The summed E-state index contributed by atoms with van der Waals surface area (Å²) in [7, 11) is -8.69. The first-order valence-electron chi connectivity index (χ1n) is 10.6. The van der Waals surface area contributed by atoms with Crippen molar-refractivity contribution in [1.29, 1.82) is 0 Å². The molecule has 3 rings (SSSR count). The van der Waals surface area contributed by atoms with Crippen LogP contribution in [0.3, 0.4) is 0 Å². The molecule has 0 aliphatic heterocycles. The normalized spacial score (nSPS) is 12.2. The van der Waals surface area contributed by atoms with E-state index in [0.717, 1.165) is 6.21 Å². The summed E-state index contributed by atoms with van der Waals surface area (Å²) in [5.41, 5.74) is 0.355. The zero-order chi connectivity index (χ0) is 24.8. The molecule has 0 saturated heterocycles. The summed E-state index contributed by atoms with van der Waals surface area (Å²) in [6.07, 6.45) is 2.21. The first-order chi connectivity index (χ1) is 16.2. The topological polar surface area (TPSA) is 114 Å². The van der Waals surface area contributed by atoms with Crippen LogP contribution < -0.4 is 0 Å². The lowest BCUT2D eigenvalue weighted by Crippen LogP contribution is -2.32. The lowest BCUT2D eigenvalue weighted by Gasteiger charge is -2.18. The quantitative estimate of drug-likeness (QED) is 0.416. The number of hydrogen-bond acceptors (Lipinski definition) is 7. The van der Waals surface area contributed by atoms with Crippen molar-refractivity contribution in [2.75, 3.05) is 13.1 Å². The Balaban J connectivity index is 2.01. The predicted molar refractivity (Wildman–Crippen MR) is 131 cm³/mol. The van der Waals surface area contributed by atoms with Crippen LogP contribution in [0.4, 0.5) is 5.82 Å². The minimum absolute atomic E-state index is 0.0765. The van der Waals surface area contributed by atoms with Crippen molar-refractivity contribution in [3.63, 3.8) is 0 Å². The fourth-order valence-electron chi connectivity index (χ4n) is 3.24. The van der Waals surface area contributed by atoms with Gasteiger partial charge in [0.2, 0.25) is 24.3 Å². The van der Waals surface area contributed by atoms with E-state index in [1.165, 1.54) is 66.9 Å². The van der Waals surface area contributed by atoms with Crippen LogP contribution in [0.2, 0.25) is 0 Å². The molecular formula is C24H25N3O5S2. The van der Waals surface area contributed by atoms with E-state index in [9.17, 15) is 21.6 Å². The summed E-state index contributed by atoms with van der Waals surface area (Å²) in [5, 5.41) is 0. The smallest absolute Gasteiger partial charge is 0.255 e. The molecule has 0 aliphatic carbocycles. The Kier molecular flexibility index (Phi) is 7.95. The van der Waals surface area contributed by atoms with Gasteiger partial charge in [0.05, 0.1) is 15.4 Å². The van der Waals surface area contributed by atoms with Gasteiger partial charge in [-0.05, 0) is 50.2 Å². The van der Waals surface area contributed by atoms with E-state index in [1.54, 1.807) is 17.0 Å². The molecule has 0 aliphatic rings. The summed E-state index contributed by atoms with van der Waals surface area (Å²) >= 11 is 0. The second-order valence-corrected chi connectivity index (χ2v) is 11.7. The highest BCUT2D eigenvalue weighted by Crippen LogP contribution is 2.25. The van der Waals surface area contributed by atoms with Crippen molar-refractivity contribution in [3.05, 3.63) is 84.6 Å². The molecular weight excluding hydrogens is 474 g/mol. The van der Waals surface area contributed by atoms with E-state index < -0.39 is 24.3 Å². The van der Waals surface area contributed by atoms with Crippen molar-refractivity contribution in [2.45, 2.75) is 28.2 Å². The number of carbonyl (C=O) groups excluding carboxylic acids is 1. The number of aromatic nitrogens is 1. The number of amides is 1. The highest BCUT2D eigenvalue weighted by atomic mass is 32.3. The van der Waals surface area contributed by atoms with Gasteiger partial charge < -0.3 is 4.90 Å². The highest BCUT2D eigenvalue weighted by Gasteiger charge is 2.38.